The fraction of sp³-hybridized carbons (Fsp3) is 0.154. The first-order valence-corrected chi connectivity index (χ1v) is 7.67. The van der Waals surface area contributed by atoms with Crippen molar-refractivity contribution in [1.29, 1.82) is 0 Å². The number of carbonyl (C=O) groups excluding carboxylic acids is 2. The number of aromatic nitrogens is 1. The van der Waals surface area contributed by atoms with Crippen LogP contribution in [0.5, 0.6) is 0 Å². The number of hydrogen-bond donors (Lipinski definition) is 0. The third-order valence-corrected chi connectivity index (χ3v) is 2.89. The Bertz CT molecular complexity index is 591. The number of hydrogen-bond acceptors (Lipinski definition) is 3. The topological polar surface area (TPSA) is 47.0 Å². The highest BCUT2D eigenvalue weighted by molar-refractivity contribution is 6.64. The van der Waals surface area contributed by atoms with Crippen LogP contribution in [0.15, 0.2) is 24.4 Å². The first-order chi connectivity index (χ1) is 8.09. The zero-order chi connectivity index (χ0) is 12.4. The van der Waals surface area contributed by atoms with Crippen LogP contribution in [0.4, 0.5) is 0 Å². The van der Waals surface area contributed by atoms with E-state index >= 15 is 0 Å². The molecule has 0 N–H and O–H groups in total. The molecule has 0 aliphatic heterocycles. The largest absolute Gasteiger partial charge is 0.289 e. The second kappa shape index (κ2) is 4.48. The van der Waals surface area contributed by atoms with Gasteiger partial charge in [-0.25, -0.2) is 0 Å². The number of rotatable bonds is 0. The van der Waals surface area contributed by atoms with Gasteiger partial charge in [-0.05, 0) is 18.2 Å². The second-order valence-electron chi connectivity index (χ2n) is 3.89. The molecule has 1 heterocycles. The van der Waals surface area contributed by atoms with Crippen LogP contribution < -0.4 is 0 Å². The maximum atomic E-state index is 11.8. The number of carbonyl (C=O) groups is 2. The van der Waals surface area contributed by atoms with Gasteiger partial charge >= 0.3 is 0 Å². The lowest BCUT2D eigenvalue weighted by Gasteiger charge is -2.09. The van der Waals surface area contributed by atoms with Crippen LogP contribution in [0, 0.1) is 11.5 Å². The van der Waals surface area contributed by atoms with Crippen LogP contribution in [-0.2, 0) is 0 Å². The smallest absolute Gasteiger partial charge is 0.205 e. The SMILES string of the molecule is C[Si](C)C#Cc1ccnc2c1C(=O)C=CC2=O. The van der Waals surface area contributed by atoms with Crippen LogP contribution in [-0.4, -0.2) is 25.3 Å². The van der Waals surface area contributed by atoms with Crippen LogP contribution >= 0.6 is 0 Å². The minimum atomic E-state index is -0.684. The van der Waals surface area contributed by atoms with Gasteiger partial charge in [-0.2, -0.15) is 0 Å². The number of nitrogens with zero attached hydrogens (tertiary/aromatic N) is 1. The van der Waals surface area contributed by atoms with Crippen LogP contribution in [0.25, 0.3) is 0 Å². The van der Waals surface area contributed by atoms with Gasteiger partial charge in [0.05, 0.1) is 5.56 Å². The van der Waals surface area contributed by atoms with Crippen LogP contribution in [0.1, 0.15) is 26.4 Å². The van der Waals surface area contributed by atoms with E-state index in [0.717, 1.165) is 0 Å². The number of ketones is 2. The predicted octanol–water partition coefficient (Wildman–Crippen LogP) is 1.66. The fourth-order valence-corrected chi connectivity index (χ4v) is 1.89. The summed E-state index contributed by atoms with van der Waals surface area (Å²) in [6.45, 7) is 4.14. The Morgan fingerprint density at radius 2 is 1.88 bits per heavy atom. The normalized spacial score (nSPS) is 13.4. The van der Waals surface area contributed by atoms with E-state index < -0.39 is 8.80 Å². The van der Waals surface area contributed by atoms with Gasteiger partial charge < -0.3 is 0 Å². The molecule has 0 fully saturated rings. The Balaban J connectivity index is 2.59. The van der Waals surface area contributed by atoms with Crippen molar-refractivity contribution in [2.24, 2.45) is 0 Å². The van der Waals surface area contributed by atoms with E-state index in [4.69, 9.17) is 0 Å². The van der Waals surface area contributed by atoms with E-state index in [0.29, 0.717) is 11.1 Å². The number of fused-ring (bicyclic) bond motifs is 1. The Morgan fingerprint density at radius 1 is 1.18 bits per heavy atom. The quantitative estimate of drug-likeness (QED) is 0.512. The third-order valence-electron chi connectivity index (χ3n) is 2.26. The van der Waals surface area contributed by atoms with Gasteiger partial charge in [0, 0.05) is 11.8 Å². The average Bonchev–Trinajstić information content (AvgIpc) is 2.31. The van der Waals surface area contributed by atoms with Gasteiger partial charge in [0.2, 0.25) is 5.78 Å². The Labute approximate surface area is 101 Å². The summed E-state index contributed by atoms with van der Waals surface area (Å²) in [6, 6.07) is 1.68. The Morgan fingerprint density at radius 3 is 2.59 bits per heavy atom. The Kier molecular flexibility index (Phi) is 3.03. The molecule has 17 heavy (non-hydrogen) atoms. The fourth-order valence-electron chi connectivity index (χ4n) is 1.51. The third kappa shape index (κ3) is 2.24. The summed E-state index contributed by atoms with van der Waals surface area (Å²) in [7, 11) is -0.684. The lowest BCUT2D eigenvalue weighted by Crippen LogP contribution is -2.15. The zero-order valence-corrected chi connectivity index (χ0v) is 10.6. The molecule has 3 nitrogen and oxygen atoms in total. The number of pyridine rings is 1. The first kappa shape index (κ1) is 11.5. The molecule has 0 unspecified atom stereocenters. The van der Waals surface area contributed by atoms with Crippen molar-refractivity contribution in [1.82, 2.24) is 4.98 Å². The summed E-state index contributed by atoms with van der Waals surface area (Å²) >= 11 is 0. The van der Waals surface area contributed by atoms with Gasteiger partial charge in [-0.15, -0.1) is 5.54 Å². The van der Waals surface area contributed by atoms with Crippen molar-refractivity contribution in [2.45, 2.75) is 13.1 Å². The van der Waals surface area contributed by atoms with Gasteiger partial charge in [0.1, 0.15) is 14.5 Å². The molecule has 83 valence electrons. The molecule has 2 rings (SSSR count). The van der Waals surface area contributed by atoms with E-state index in [1.807, 2.05) is 0 Å². The molecular formula is C13H10NO2Si. The molecule has 1 radical (unpaired) electrons. The molecule has 0 aromatic carbocycles. The van der Waals surface area contributed by atoms with Crippen molar-refractivity contribution < 1.29 is 9.59 Å². The number of allylic oxidation sites excluding steroid dienone is 2. The van der Waals surface area contributed by atoms with Crippen molar-refractivity contribution in [3.8, 4) is 11.5 Å². The van der Waals surface area contributed by atoms with E-state index in [2.05, 4.69) is 29.5 Å². The van der Waals surface area contributed by atoms with Gasteiger partial charge in [0.25, 0.3) is 0 Å². The maximum absolute atomic E-state index is 11.8. The molecule has 0 saturated carbocycles. The van der Waals surface area contributed by atoms with E-state index in [1.165, 1.54) is 18.3 Å². The van der Waals surface area contributed by atoms with Crippen LogP contribution in [0.3, 0.4) is 0 Å². The molecule has 0 bridgehead atoms. The highest BCUT2D eigenvalue weighted by atomic mass is 28.3. The molecule has 4 heteroatoms. The van der Waals surface area contributed by atoms with Gasteiger partial charge in [-0.3, -0.25) is 14.6 Å². The minimum absolute atomic E-state index is 0.196. The highest BCUT2D eigenvalue weighted by Gasteiger charge is 2.22. The summed E-state index contributed by atoms with van der Waals surface area (Å²) in [6.07, 6.45) is 4.05. The molecule has 0 atom stereocenters. The minimum Gasteiger partial charge on any atom is -0.289 e. The van der Waals surface area contributed by atoms with Crippen molar-refractivity contribution in [3.63, 3.8) is 0 Å². The summed E-state index contributed by atoms with van der Waals surface area (Å²) in [5.74, 6) is 2.54. The average molecular weight is 240 g/mol. The lowest BCUT2D eigenvalue weighted by atomic mass is 9.96. The van der Waals surface area contributed by atoms with E-state index in [9.17, 15) is 9.59 Å². The van der Waals surface area contributed by atoms with Crippen molar-refractivity contribution >= 4 is 20.4 Å². The van der Waals surface area contributed by atoms with Crippen molar-refractivity contribution in [2.75, 3.05) is 0 Å². The molecule has 1 aliphatic carbocycles. The zero-order valence-electron chi connectivity index (χ0n) is 9.57. The molecule has 1 aromatic heterocycles. The van der Waals surface area contributed by atoms with Gasteiger partial charge in [-0.1, -0.05) is 19.0 Å². The molecule has 1 aliphatic rings. The summed E-state index contributed by atoms with van der Waals surface area (Å²) in [4.78, 5) is 27.3. The van der Waals surface area contributed by atoms with E-state index in [1.54, 1.807) is 6.07 Å². The molecule has 0 saturated heterocycles. The van der Waals surface area contributed by atoms with E-state index in [-0.39, 0.29) is 17.3 Å². The second-order valence-corrected chi connectivity index (χ2v) is 6.14. The molecule has 0 amide bonds. The first-order valence-electron chi connectivity index (χ1n) is 5.17. The molecule has 0 spiro atoms. The monoisotopic (exact) mass is 240 g/mol. The summed E-state index contributed by atoms with van der Waals surface area (Å²) in [5, 5.41) is 0. The lowest BCUT2D eigenvalue weighted by molar-refractivity contribution is 0.0990. The maximum Gasteiger partial charge on any atom is 0.205 e. The van der Waals surface area contributed by atoms with Crippen LogP contribution in [0.2, 0.25) is 13.1 Å². The summed E-state index contributed by atoms with van der Waals surface area (Å²) in [5.41, 5.74) is 4.24. The van der Waals surface area contributed by atoms with Crippen molar-refractivity contribution in [3.05, 3.63) is 41.2 Å². The predicted molar refractivity (Wildman–Crippen MR) is 66.4 cm³/mol. The standard InChI is InChI=1S/C13H10NO2Si/c1-17(2)8-6-9-5-7-14-13-11(16)4-3-10(15)12(9)13/h3-5,7H,1-2H3. The summed E-state index contributed by atoms with van der Waals surface area (Å²) < 4.78 is 0. The Hall–Kier alpha value is -1.99. The molecule has 1 aromatic rings. The highest BCUT2D eigenvalue weighted by Crippen LogP contribution is 2.18. The van der Waals surface area contributed by atoms with Gasteiger partial charge in [0.15, 0.2) is 5.78 Å². The molecular weight excluding hydrogens is 230 g/mol.